The summed E-state index contributed by atoms with van der Waals surface area (Å²) < 4.78 is 24.1. The molecule has 0 aromatic heterocycles. The molecule has 0 spiro atoms. The van der Waals surface area contributed by atoms with Crippen molar-refractivity contribution in [3.63, 3.8) is 0 Å². The molecular formula is C15H36O6Si4. The van der Waals surface area contributed by atoms with Crippen molar-refractivity contribution in [2.45, 2.75) is 77.8 Å². The number of hydrogen-bond donors (Lipinski definition) is 1. The van der Waals surface area contributed by atoms with E-state index in [9.17, 15) is 4.79 Å². The molecule has 0 aromatic carbocycles. The van der Waals surface area contributed by atoms with Gasteiger partial charge in [0.05, 0.1) is 6.26 Å². The Morgan fingerprint density at radius 3 is 1.56 bits per heavy atom. The van der Waals surface area contributed by atoms with Gasteiger partial charge in [-0.05, 0) is 77.8 Å². The smallest absolute Gasteiger partial charge is 0.449 e. The first-order valence-electron chi connectivity index (χ1n) is 8.69. The first kappa shape index (κ1) is 24.8. The minimum Gasteiger partial charge on any atom is -0.449 e. The minimum atomic E-state index is -2.79. The Kier molecular flexibility index (Phi) is 9.53. The number of hydrogen-bond acceptors (Lipinski definition) is 5. The van der Waals surface area contributed by atoms with Gasteiger partial charge in [-0.2, -0.15) is 0 Å². The Balaban J connectivity index is 5.23. The van der Waals surface area contributed by atoms with Crippen LogP contribution in [0.4, 0.5) is 4.79 Å². The van der Waals surface area contributed by atoms with E-state index in [0.717, 1.165) is 12.5 Å². The standard InChI is InChI=1S/C15H36O6Si4/c1-22(2,3)19-25(20-23(4,5)6,21-24(7,8)9)14-12-10-11-13-18-15(16)17/h11,13H,10,12,14H2,1-9H3,(H,16,17). The van der Waals surface area contributed by atoms with Gasteiger partial charge in [-0.15, -0.1) is 0 Å². The molecule has 0 fully saturated rings. The molecular weight excluding hydrogens is 389 g/mol. The maximum absolute atomic E-state index is 10.3. The molecule has 6 nitrogen and oxygen atoms in total. The zero-order valence-corrected chi connectivity index (χ0v) is 21.3. The Hall–Kier alpha value is -0.242. The average Bonchev–Trinajstić information content (AvgIpc) is 2.25. The Morgan fingerprint density at radius 1 is 0.840 bits per heavy atom. The summed E-state index contributed by atoms with van der Waals surface area (Å²) in [6, 6.07) is 0.739. The maximum Gasteiger partial charge on any atom is 0.510 e. The molecule has 0 amide bonds. The van der Waals surface area contributed by atoms with Crippen molar-refractivity contribution in [2.75, 3.05) is 0 Å². The van der Waals surface area contributed by atoms with Crippen LogP contribution < -0.4 is 0 Å². The van der Waals surface area contributed by atoms with Gasteiger partial charge in [0.2, 0.25) is 0 Å². The van der Waals surface area contributed by atoms with E-state index in [4.69, 9.17) is 17.5 Å². The number of rotatable bonds is 11. The highest BCUT2D eigenvalue weighted by molar-refractivity contribution is 6.90. The number of unbranched alkanes of at least 4 members (excludes halogenated alkanes) is 1. The van der Waals surface area contributed by atoms with E-state index in [0.29, 0.717) is 6.42 Å². The van der Waals surface area contributed by atoms with Crippen molar-refractivity contribution < 1.29 is 27.0 Å². The van der Waals surface area contributed by atoms with Crippen molar-refractivity contribution in [1.82, 2.24) is 0 Å². The molecule has 10 heteroatoms. The first-order chi connectivity index (χ1) is 11.0. The number of carboxylic acid groups (broad SMARTS) is 1. The summed E-state index contributed by atoms with van der Waals surface area (Å²) in [4.78, 5) is 10.3. The molecule has 0 aliphatic rings. The lowest BCUT2D eigenvalue weighted by Gasteiger charge is -2.42. The molecule has 0 bridgehead atoms. The van der Waals surface area contributed by atoms with Gasteiger partial charge in [-0.25, -0.2) is 4.79 Å². The van der Waals surface area contributed by atoms with Crippen LogP contribution in [0, 0.1) is 0 Å². The van der Waals surface area contributed by atoms with Crippen LogP contribution in [0.2, 0.25) is 65.0 Å². The maximum atomic E-state index is 10.3. The second-order valence-electron chi connectivity index (χ2n) is 8.97. The van der Waals surface area contributed by atoms with Crippen molar-refractivity contribution >= 4 is 39.9 Å². The van der Waals surface area contributed by atoms with Crippen molar-refractivity contribution in [3.05, 3.63) is 12.3 Å². The lowest BCUT2D eigenvalue weighted by Crippen LogP contribution is -2.60. The molecule has 0 saturated heterocycles. The molecule has 0 unspecified atom stereocenters. The van der Waals surface area contributed by atoms with Crippen molar-refractivity contribution in [2.24, 2.45) is 0 Å². The van der Waals surface area contributed by atoms with E-state index in [-0.39, 0.29) is 0 Å². The van der Waals surface area contributed by atoms with E-state index in [2.05, 4.69) is 63.7 Å². The fourth-order valence-electron chi connectivity index (χ4n) is 2.23. The highest BCUT2D eigenvalue weighted by atomic mass is 28.5. The van der Waals surface area contributed by atoms with E-state index in [1.807, 2.05) is 0 Å². The van der Waals surface area contributed by atoms with Gasteiger partial charge in [0.15, 0.2) is 25.0 Å². The van der Waals surface area contributed by atoms with Crippen LogP contribution in [0.1, 0.15) is 12.8 Å². The largest absolute Gasteiger partial charge is 0.510 e. The Bertz CT molecular complexity index is 408. The zero-order valence-electron chi connectivity index (χ0n) is 17.3. The lowest BCUT2D eigenvalue weighted by molar-refractivity contribution is 0.128. The second-order valence-corrected chi connectivity index (χ2v) is 26.0. The fraction of sp³-hybridized carbons (Fsp3) is 0.800. The molecule has 148 valence electrons. The fourth-order valence-corrected chi connectivity index (χ4v) is 16.9. The molecule has 0 aliphatic carbocycles. The molecule has 0 aliphatic heterocycles. The molecule has 0 radical (unpaired) electrons. The summed E-state index contributed by atoms with van der Waals surface area (Å²) >= 11 is 0. The Morgan fingerprint density at radius 2 is 1.24 bits per heavy atom. The highest BCUT2D eigenvalue weighted by Gasteiger charge is 2.49. The zero-order chi connectivity index (χ0) is 19.9. The first-order valence-corrected chi connectivity index (χ1v) is 20.8. The molecule has 0 atom stereocenters. The van der Waals surface area contributed by atoms with Gasteiger partial charge in [-0.1, -0.05) is 0 Å². The third kappa shape index (κ3) is 14.6. The summed E-state index contributed by atoms with van der Waals surface area (Å²) in [5.74, 6) is 0. The number of ether oxygens (including phenoxy) is 1. The van der Waals surface area contributed by atoms with E-state index in [1.54, 1.807) is 6.08 Å². The monoisotopic (exact) mass is 424 g/mol. The summed E-state index contributed by atoms with van der Waals surface area (Å²) in [5.41, 5.74) is 0. The van der Waals surface area contributed by atoms with Crippen molar-refractivity contribution in [1.29, 1.82) is 0 Å². The van der Waals surface area contributed by atoms with Crippen molar-refractivity contribution in [3.8, 4) is 0 Å². The summed E-state index contributed by atoms with van der Waals surface area (Å²) in [6.07, 6.45) is 3.13. The van der Waals surface area contributed by atoms with Crippen LogP contribution in [-0.4, -0.2) is 45.0 Å². The predicted octanol–water partition coefficient (Wildman–Crippen LogP) is 5.47. The summed E-state index contributed by atoms with van der Waals surface area (Å²) in [6.45, 7) is 19.5. The van der Waals surface area contributed by atoms with Gasteiger partial charge in [0.25, 0.3) is 0 Å². The van der Waals surface area contributed by atoms with E-state index in [1.165, 1.54) is 6.26 Å². The lowest BCUT2D eigenvalue weighted by atomic mass is 10.3. The van der Waals surface area contributed by atoms with Gasteiger partial charge in [0, 0.05) is 6.04 Å². The van der Waals surface area contributed by atoms with Gasteiger partial charge >= 0.3 is 15.0 Å². The van der Waals surface area contributed by atoms with E-state index < -0.39 is 39.9 Å². The summed E-state index contributed by atoms with van der Waals surface area (Å²) in [5, 5.41) is 8.47. The van der Waals surface area contributed by atoms with Gasteiger partial charge in [-0.3, -0.25) is 0 Å². The minimum absolute atomic E-state index is 0.696. The Labute approximate surface area is 157 Å². The van der Waals surface area contributed by atoms with Crippen LogP contribution in [0.3, 0.4) is 0 Å². The van der Waals surface area contributed by atoms with Crippen LogP contribution in [0.15, 0.2) is 12.3 Å². The van der Waals surface area contributed by atoms with Crippen LogP contribution >= 0.6 is 0 Å². The SMILES string of the molecule is C[Si](C)(C)O[Si](CCCC=COC(=O)O)(O[Si](C)(C)C)O[Si](C)(C)C. The van der Waals surface area contributed by atoms with Gasteiger partial charge in [0.1, 0.15) is 0 Å². The van der Waals surface area contributed by atoms with Crippen LogP contribution in [0.25, 0.3) is 0 Å². The molecule has 25 heavy (non-hydrogen) atoms. The molecule has 1 N–H and O–H groups in total. The number of allylic oxidation sites excluding steroid dienone is 1. The van der Waals surface area contributed by atoms with Gasteiger partial charge < -0.3 is 22.2 Å². The highest BCUT2D eigenvalue weighted by Crippen LogP contribution is 2.30. The topological polar surface area (TPSA) is 74.2 Å². The third-order valence-electron chi connectivity index (χ3n) is 2.50. The summed E-state index contributed by atoms with van der Waals surface area (Å²) in [7, 11) is -8.33. The third-order valence-corrected chi connectivity index (χ3v) is 14.6. The normalized spacial score (nSPS) is 14.1. The molecule has 0 saturated carbocycles. The average molecular weight is 425 g/mol. The van der Waals surface area contributed by atoms with Crippen LogP contribution in [-0.2, 0) is 17.1 Å². The molecule has 0 heterocycles. The second kappa shape index (κ2) is 9.62. The number of carbonyl (C=O) groups is 1. The quantitative estimate of drug-likeness (QED) is 0.205. The van der Waals surface area contributed by atoms with E-state index >= 15 is 0 Å². The van der Waals surface area contributed by atoms with Crippen LogP contribution in [0.5, 0.6) is 0 Å². The molecule has 0 aromatic rings. The molecule has 0 rings (SSSR count). The predicted molar refractivity (Wildman–Crippen MR) is 111 cm³/mol.